The van der Waals surface area contributed by atoms with Crippen molar-refractivity contribution in [1.82, 2.24) is 15.1 Å². The zero-order chi connectivity index (χ0) is 13.1. The quantitative estimate of drug-likeness (QED) is 0.895. The minimum Gasteiger partial charge on any atom is -0.306 e. The monoisotopic (exact) mass is 243 g/mol. The van der Waals surface area contributed by atoms with Gasteiger partial charge >= 0.3 is 0 Å². The molecule has 96 valence electrons. The average Bonchev–Trinajstić information content (AvgIpc) is 2.66. The smallest absolute Gasteiger partial charge is 0.0638 e. The lowest BCUT2D eigenvalue weighted by Crippen LogP contribution is -2.18. The van der Waals surface area contributed by atoms with E-state index in [2.05, 4.69) is 54.7 Å². The molecule has 3 nitrogen and oxygen atoms in total. The maximum atomic E-state index is 4.35. The van der Waals surface area contributed by atoms with E-state index < -0.39 is 0 Å². The Hall–Kier alpha value is -1.61. The molecule has 0 bridgehead atoms. The fourth-order valence-electron chi connectivity index (χ4n) is 2.06. The molecule has 18 heavy (non-hydrogen) atoms. The number of hydrogen-bond donors (Lipinski definition) is 1. The zero-order valence-corrected chi connectivity index (χ0v) is 11.6. The summed E-state index contributed by atoms with van der Waals surface area (Å²) < 4.78 is 1.86. The van der Waals surface area contributed by atoms with Crippen molar-refractivity contribution >= 4 is 0 Å². The minimum atomic E-state index is 0.352. The Kier molecular flexibility index (Phi) is 3.82. The molecule has 1 aromatic carbocycles. The molecule has 0 saturated carbocycles. The second kappa shape index (κ2) is 5.36. The van der Waals surface area contributed by atoms with Gasteiger partial charge in [0.2, 0.25) is 0 Å². The highest BCUT2D eigenvalue weighted by Gasteiger charge is 2.07. The summed E-state index contributed by atoms with van der Waals surface area (Å²) in [4.78, 5) is 0. The number of aryl methyl sites for hydroxylation is 3. The molecule has 0 unspecified atom stereocenters. The highest BCUT2D eigenvalue weighted by molar-refractivity contribution is 5.24. The van der Waals surface area contributed by atoms with E-state index in [1.807, 2.05) is 18.7 Å². The highest BCUT2D eigenvalue weighted by atomic mass is 15.2. The van der Waals surface area contributed by atoms with Crippen LogP contribution in [0.5, 0.6) is 0 Å². The number of benzene rings is 1. The van der Waals surface area contributed by atoms with Crippen LogP contribution in [0.25, 0.3) is 0 Å². The van der Waals surface area contributed by atoms with Crippen LogP contribution in [0.15, 0.2) is 30.5 Å². The molecule has 0 radical (unpaired) electrons. The summed E-state index contributed by atoms with van der Waals surface area (Å²) in [5.41, 5.74) is 4.98. The average molecular weight is 243 g/mol. The number of rotatable bonds is 4. The van der Waals surface area contributed by atoms with Crippen molar-refractivity contribution < 1.29 is 0 Å². The van der Waals surface area contributed by atoms with Crippen LogP contribution in [0.3, 0.4) is 0 Å². The summed E-state index contributed by atoms with van der Waals surface area (Å²) in [6, 6.07) is 9.03. The predicted octanol–water partition coefficient (Wildman–Crippen LogP) is 2.89. The third kappa shape index (κ3) is 2.99. The first-order valence-corrected chi connectivity index (χ1v) is 6.35. The first-order valence-electron chi connectivity index (χ1n) is 6.35. The van der Waals surface area contributed by atoms with Gasteiger partial charge in [0.1, 0.15) is 0 Å². The summed E-state index contributed by atoms with van der Waals surface area (Å²) in [7, 11) is 1.96. The Morgan fingerprint density at radius 1 is 1.22 bits per heavy atom. The molecule has 0 aliphatic heterocycles. The fourth-order valence-corrected chi connectivity index (χ4v) is 2.06. The van der Waals surface area contributed by atoms with Crippen LogP contribution in [-0.2, 0) is 13.6 Å². The molecule has 0 saturated heterocycles. The largest absolute Gasteiger partial charge is 0.306 e. The molecule has 2 aromatic rings. The number of aromatic nitrogens is 2. The van der Waals surface area contributed by atoms with Crippen LogP contribution >= 0.6 is 0 Å². The molecular formula is C15H21N3. The molecule has 1 atom stereocenters. The van der Waals surface area contributed by atoms with E-state index >= 15 is 0 Å². The van der Waals surface area contributed by atoms with E-state index in [-0.39, 0.29) is 0 Å². The number of hydrogen-bond acceptors (Lipinski definition) is 2. The van der Waals surface area contributed by atoms with Gasteiger partial charge in [-0.3, -0.25) is 4.68 Å². The van der Waals surface area contributed by atoms with Crippen molar-refractivity contribution in [3.8, 4) is 0 Å². The number of nitrogens with one attached hydrogen (secondary N) is 1. The van der Waals surface area contributed by atoms with Crippen molar-refractivity contribution in [2.75, 3.05) is 0 Å². The van der Waals surface area contributed by atoms with Crippen LogP contribution < -0.4 is 5.32 Å². The minimum absolute atomic E-state index is 0.352. The van der Waals surface area contributed by atoms with Crippen LogP contribution in [0.2, 0.25) is 0 Å². The van der Waals surface area contributed by atoms with Crippen LogP contribution in [0.1, 0.15) is 35.3 Å². The van der Waals surface area contributed by atoms with Crippen molar-refractivity contribution in [3.63, 3.8) is 0 Å². The maximum absolute atomic E-state index is 4.35. The van der Waals surface area contributed by atoms with Gasteiger partial charge in [0.15, 0.2) is 0 Å². The van der Waals surface area contributed by atoms with Crippen LogP contribution in [0.4, 0.5) is 0 Å². The molecule has 0 spiro atoms. The van der Waals surface area contributed by atoms with Gasteiger partial charge in [-0.15, -0.1) is 0 Å². The summed E-state index contributed by atoms with van der Waals surface area (Å²) in [6.07, 6.45) is 2.07. The molecule has 0 amide bonds. The van der Waals surface area contributed by atoms with E-state index in [4.69, 9.17) is 0 Å². The lowest BCUT2D eigenvalue weighted by Gasteiger charge is -2.14. The Bertz CT molecular complexity index is 511. The fraction of sp³-hybridized carbons (Fsp3) is 0.400. The van der Waals surface area contributed by atoms with Gasteiger partial charge in [-0.1, -0.05) is 29.8 Å². The molecule has 1 heterocycles. The van der Waals surface area contributed by atoms with Crippen molar-refractivity contribution in [2.45, 2.75) is 33.4 Å². The standard InChI is InChI=1S/C15H21N3/c1-11-5-7-14(8-6-11)12(2)16-9-15-10-18(4)17-13(15)3/h5-8,10,12,16H,9H2,1-4H3/t12-/m0/s1. The van der Waals surface area contributed by atoms with E-state index in [0.29, 0.717) is 6.04 Å². The number of nitrogens with zero attached hydrogens (tertiary/aromatic N) is 2. The van der Waals surface area contributed by atoms with Crippen LogP contribution in [-0.4, -0.2) is 9.78 Å². The van der Waals surface area contributed by atoms with Crippen molar-refractivity contribution in [3.05, 3.63) is 52.8 Å². The topological polar surface area (TPSA) is 29.9 Å². The Morgan fingerprint density at radius 2 is 1.89 bits per heavy atom. The van der Waals surface area contributed by atoms with Gasteiger partial charge in [-0.2, -0.15) is 5.10 Å². The van der Waals surface area contributed by atoms with Gasteiger partial charge < -0.3 is 5.32 Å². The summed E-state index contributed by atoms with van der Waals surface area (Å²) in [5.74, 6) is 0. The molecular weight excluding hydrogens is 222 g/mol. The Labute approximate surface area is 109 Å². The lowest BCUT2D eigenvalue weighted by atomic mass is 10.1. The molecule has 1 N–H and O–H groups in total. The second-order valence-electron chi connectivity index (χ2n) is 4.93. The molecule has 0 aliphatic rings. The van der Waals surface area contributed by atoms with E-state index in [0.717, 1.165) is 12.2 Å². The lowest BCUT2D eigenvalue weighted by molar-refractivity contribution is 0.573. The summed E-state index contributed by atoms with van der Waals surface area (Å²) >= 11 is 0. The third-order valence-corrected chi connectivity index (χ3v) is 3.29. The zero-order valence-electron chi connectivity index (χ0n) is 11.6. The van der Waals surface area contributed by atoms with Gasteiger partial charge in [-0.25, -0.2) is 0 Å². The van der Waals surface area contributed by atoms with Crippen LogP contribution in [0, 0.1) is 13.8 Å². The molecule has 1 aromatic heterocycles. The maximum Gasteiger partial charge on any atom is 0.0638 e. The second-order valence-corrected chi connectivity index (χ2v) is 4.93. The molecule has 0 aliphatic carbocycles. The predicted molar refractivity (Wildman–Crippen MR) is 74.4 cm³/mol. The van der Waals surface area contributed by atoms with Gasteiger partial charge in [0.25, 0.3) is 0 Å². The van der Waals surface area contributed by atoms with Gasteiger partial charge in [0.05, 0.1) is 5.69 Å². The molecule has 3 heteroatoms. The third-order valence-electron chi connectivity index (χ3n) is 3.29. The Morgan fingerprint density at radius 3 is 2.44 bits per heavy atom. The summed E-state index contributed by atoms with van der Waals surface area (Å²) in [6.45, 7) is 7.21. The van der Waals surface area contributed by atoms with Crippen molar-refractivity contribution in [2.24, 2.45) is 7.05 Å². The first-order chi connectivity index (χ1) is 8.56. The van der Waals surface area contributed by atoms with Crippen molar-refractivity contribution in [1.29, 1.82) is 0 Å². The van der Waals surface area contributed by atoms with E-state index in [1.54, 1.807) is 0 Å². The molecule has 2 rings (SSSR count). The normalized spacial score (nSPS) is 12.7. The highest BCUT2D eigenvalue weighted by Crippen LogP contribution is 2.14. The Balaban J connectivity index is 1.98. The van der Waals surface area contributed by atoms with E-state index in [9.17, 15) is 0 Å². The SMILES string of the molecule is Cc1ccc([C@H](C)NCc2cn(C)nc2C)cc1. The first kappa shape index (κ1) is 12.8. The summed E-state index contributed by atoms with van der Waals surface area (Å²) in [5, 5.41) is 7.89. The van der Waals surface area contributed by atoms with Gasteiger partial charge in [0, 0.05) is 31.4 Å². The van der Waals surface area contributed by atoms with Gasteiger partial charge in [-0.05, 0) is 26.3 Å². The van der Waals surface area contributed by atoms with E-state index in [1.165, 1.54) is 16.7 Å². The molecule has 0 fully saturated rings.